The number of fused-ring (bicyclic) bond motifs is 1. The van der Waals surface area contributed by atoms with Crippen LogP contribution in [0.3, 0.4) is 0 Å². The third-order valence-corrected chi connectivity index (χ3v) is 5.05. The van der Waals surface area contributed by atoms with Gasteiger partial charge in [0.05, 0.1) is 31.6 Å². The summed E-state index contributed by atoms with van der Waals surface area (Å²) in [6.45, 7) is 7.91. The molecule has 0 bridgehead atoms. The first-order valence-corrected chi connectivity index (χ1v) is 9.35. The Morgan fingerprint density at radius 2 is 1.89 bits per heavy atom. The number of aromatic nitrogens is 2. The molecule has 144 valence electrons. The highest BCUT2D eigenvalue weighted by molar-refractivity contribution is 5.78. The summed E-state index contributed by atoms with van der Waals surface area (Å²) >= 11 is 0. The number of hydrogen-bond acceptors (Lipinski definition) is 6. The number of rotatable bonds is 7. The standard InChI is InChI=1S/C20H27N5O2/c1-4-24(5-2)11-10-18(26)25-12-16-17(13-25)22-20(21)23-19(16)14-6-8-15(27-3)9-7-14/h6-9H,4-5,10-13H2,1-3H3,(H2,21,22,23). The quantitative estimate of drug-likeness (QED) is 0.806. The van der Waals surface area contributed by atoms with Crippen molar-refractivity contribution in [3.05, 3.63) is 35.5 Å². The lowest BCUT2D eigenvalue weighted by Gasteiger charge is -2.20. The van der Waals surface area contributed by atoms with E-state index in [0.29, 0.717) is 19.5 Å². The van der Waals surface area contributed by atoms with Crippen LogP contribution < -0.4 is 10.5 Å². The second kappa shape index (κ2) is 8.35. The van der Waals surface area contributed by atoms with Crippen molar-refractivity contribution in [3.8, 4) is 17.0 Å². The van der Waals surface area contributed by atoms with E-state index in [2.05, 4.69) is 28.7 Å². The SMILES string of the molecule is CCN(CC)CCC(=O)N1Cc2nc(N)nc(-c3ccc(OC)cc3)c2C1. The minimum Gasteiger partial charge on any atom is -0.497 e. The maximum Gasteiger partial charge on any atom is 0.224 e. The fraction of sp³-hybridized carbons (Fsp3) is 0.450. The summed E-state index contributed by atoms with van der Waals surface area (Å²) in [5.41, 5.74) is 9.47. The molecular formula is C20H27N5O2. The average molecular weight is 369 g/mol. The molecule has 0 saturated carbocycles. The van der Waals surface area contributed by atoms with Crippen LogP contribution in [0.15, 0.2) is 24.3 Å². The Balaban J connectivity index is 1.79. The number of carbonyl (C=O) groups is 1. The molecule has 2 heterocycles. The van der Waals surface area contributed by atoms with E-state index in [1.807, 2.05) is 29.2 Å². The molecule has 1 aliphatic heterocycles. The zero-order valence-corrected chi connectivity index (χ0v) is 16.2. The number of carbonyl (C=O) groups excluding carboxylic acids is 1. The maximum absolute atomic E-state index is 12.7. The number of anilines is 1. The van der Waals surface area contributed by atoms with Gasteiger partial charge in [0.15, 0.2) is 0 Å². The zero-order valence-electron chi connectivity index (χ0n) is 16.2. The predicted molar refractivity (Wildman–Crippen MR) is 105 cm³/mol. The molecule has 7 heteroatoms. The fourth-order valence-corrected chi connectivity index (χ4v) is 3.39. The molecule has 0 aliphatic carbocycles. The van der Waals surface area contributed by atoms with Crippen LogP contribution in [0.1, 0.15) is 31.5 Å². The molecule has 0 fully saturated rings. The van der Waals surface area contributed by atoms with Crippen LogP contribution in [0.2, 0.25) is 0 Å². The van der Waals surface area contributed by atoms with Gasteiger partial charge in [0.25, 0.3) is 0 Å². The lowest BCUT2D eigenvalue weighted by atomic mass is 10.1. The largest absolute Gasteiger partial charge is 0.497 e. The highest BCUT2D eigenvalue weighted by Crippen LogP contribution is 2.32. The third-order valence-electron chi connectivity index (χ3n) is 5.05. The van der Waals surface area contributed by atoms with Gasteiger partial charge >= 0.3 is 0 Å². The number of nitrogens with two attached hydrogens (primary N) is 1. The highest BCUT2D eigenvalue weighted by atomic mass is 16.5. The summed E-state index contributed by atoms with van der Waals surface area (Å²) < 4.78 is 5.22. The Morgan fingerprint density at radius 1 is 1.19 bits per heavy atom. The van der Waals surface area contributed by atoms with Crippen molar-refractivity contribution in [2.75, 3.05) is 32.5 Å². The summed E-state index contributed by atoms with van der Waals surface area (Å²) in [6, 6.07) is 7.68. The molecular weight excluding hydrogens is 342 g/mol. The molecule has 0 atom stereocenters. The maximum atomic E-state index is 12.7. The summed E-state index contributed by atoms with van der Waals surface area (Å²) in [7, 11) is 1.64. The number of nitrogen functional groups attached to an aromatic ring is 1. The van der Waals surface area contributed by atoms with Gasteiger partial charge in [-0.1, -0.05) is 13.8 Å². The Labute approximate surface area is 160 Å². The average Bonchev–Trinajstić information content (AvgIpc) is 3.12. The third kappa shape index (κ3) is 4.19. The molecule has 7 nitrogen and oxygen atoms in total. The van der Waals surface area contributed by atoms with Crippen LogP contribution in [0, 0.1) is 0 Å². The van der Waals surface area contributed by atoms with E-state index >= 15 is 0 Å². The second-order valence-corrected chi connectivity index (χ2v) is 6.61. The smallest absolute Gasteiger partial charge is 0.224 e. The summed E-state index contributed by atoms with van der Waals surface area (Å²) in [5, 5.41) is 0. The van der Waals surface area contributed by atoms with Crippen LogP contribution in [0.25, 0.3) is 11.3 Å². The summed E-state index contributed by atoms with van der Waals surface area (Å²) in [5.74, 6) is 1.15. The molecule has 27 heavy (non-hydrogen) atoms. The van der Waals surface area contributed by atoms with Crippen molar-refractivity contribution in [2.45, 2.75) is 33.4 Å². The van der Waals surface area contributed by atoms with Gasteiger partial charge in [-0.3, -0.25) is 4.79 Å². The molecule has 0 unspecified atom stereocenters. The molecule has 1 amide bonds. The van der Waals surface area contributed by atoms with Crippen molar-refractivity contribution < 1.29 is 9.53 Å². The number of benzene rings is 1. The Bertz CT molecular complexity index is 803. The second-order valence-electron chi connectivity index (χ2n) is 6.61. The van der Waals surface area contributed by atoms with Gasteiger partial charge in [0, 0.05) is 24.1 Å². The normalized spacial score (nSPS) is 13.1. The van der Waals surface area contributed by atoms with E-state index in [1.165, 1.54) is 0 Å². The Morgan fingerprint density at radius 3 is 2.52 bits per heavy atom. The number of amides is 1. The van der Waals surface area contributed by atoms with E-state index in [0.717, 1.165) is 47.9 Å². The molecule has 0 radical (unpaired) electrons. The molecule has 2 N–H and O–H groups in total. The zero-order chi connectivity index (χ0) is 19.4. The van der Waals surface area contributed by atoms with E-state index in [9.17, 15) is 4.79 Å². The van der Waals surface area contributed by atoms with E-state index in [4.69, 9.17) is 10.5 Å². The first-order chi connectivity index (χ1) is 13.0. The van der Waals surface area contributed by atoms with Gasteiger partial charge in [0.2, 0.25) is 11.9 Å². The number of nitrogens with zero attached hydrogens (tertiary/aromatic N) is 4. The highest BCUT2D eigenvalue weighted by Gasteiger charge is 2.28. The van der Waals surface area contributed by atoms with Gasteiger partial charge in [-0.25, -0.2) is 9.97 Å². The van der Waals surface area contributed by atoms with Gasteiger partial charge in [-0.15, -0.1) is 0 Å². The number of hydrogen-bond donors (Lipinski definition) is 1. The van der Waals surface area contributed by atoms with Crippen LogP contribution in [-0.2, 0) is 17.9 Å². The summed E-state index contributed by atoms with van der Waals surface area (Å²) in [6.07, 6.45) is 0.510. The number of ether oxygens (including phenoxy) is 1. The van der Waals surface area contributed by atoms with Gasteiger partial charge in [-0.2, -0.15) is 0 Å². The first-order valence-electron chi connectivity index (χ1n) is 9.35. The topological polar surface area (TPSA) is 84.6 Å². The summed E-state index contributed by atoms with van der Waals surface area (Å²) in [4.78, 5) is 25.6. The minimum atomic E-state index is 0.138. The molecule has 1 aromatic heterocycles. The lowest BCUT2D eigenvalue weighted by Crippen LogP contribution is -2.31. The van der Waals surface area contributed by atoms with Crippen molar-refractivity contribution >= 4 is 11.9 Å². The van der Waals surface area contributed by atoms with Crippen LogP contribution in [0.5, 0.6) is 5.75 Å². The van der Waals surface area contributed by atoms with Crippen molar-refractivity contribution in [3.63, 3.8) is 0 Å². The molecule has 3 rings (SSSR count). The Kier molecular flexibility index (Phi) is 5.91. The number of methoxy groups -OCH3 is 1. The van der Waals surface area contributed by atoms with E-state index in [-0.39, 0.29) is 11.9 Å². The fourth-order valence-electron chi connectivity index (χ4n) is 3.39. The van der Waals surface area contributed by atoms with Gasteiger partial charge < -0.3 is 20.3 Å². The van der Waals surface area contributed by atoms with Crippen molar-refractivity contribution in [2.24, 2.45) is 0 Å². The van der Waals surface area contributed by atoms with Crippen LogP contribution in [-0.4, -0.2) is 52.4 Å². The monoisotopic (exact) mass is 369 g/mol. The molecule has 1 aromatic carbocycles. The van der Waals surface area contributed by atoms with E-state index in [1.54, 1.807) is 7.11 Å². The Hall–Kier alpha value is -2.67. The lowest BCUT2D eigenvalue weighted by molar-refractivity contribution is -0.132. The molecule has 1 aliphatic rings. The van der Waals surface area contributed by atoms with Gasteiger partial charge in [-0.05, 0) is 37.4 Å². The van der Waals surface area contributed by atoms with Crippen molar-refractivity contribution in [1.82, 2.24) is 19.8 Å². The van der Waals surface area contributed by atoms with Crippen LogP contribution in [0.4, 0.5) is 5.95 Å². The van der Waals surface area contributed by atoms with E-state index < -0.39 is 0 Å². The predicted octanol–water partition coefficient (Wildman–Crippen LogP) is 2.31. The molecule has 0 saturated heterocycles. The van der Waals surface area contributed by atoms with Crippen LogP contribution >= 0.6 is 0 Å². The first kappa shape index (κ1) is 19.1. The van der Waals surface area contributed by atoms with Crippen molar-refractivity contribution in [1.29, 1.82) is 0 Å². The van der Waals surface area contributed by atoms with Gasteiger partial charge in [0.1, 0.15) is 5.75 Å². The minimum absolute atomic E-state index is 0.138. The molecule has 2 aromatic rings. The molecule has 0 spiro atoms.